The second kappa shape index (κ2) is 7.06. The smallest absolute Gasteiger partial charge is 0.111 e. The maximum Gasteiger partial charge on any atom is 0.111 e. The van der Waals surface area contributed by atoms with Crippen molar-refractivity contribution in [3.8, 4) is 0 Å². The van der Waals surface area contributed by atoms with E-state index in [4.69, 9.17) is 5.73 Å². The van der Waals surface area contributed by atoms with Crippen molar-refractivity contribution in [2.45, 2.75) is 38.1 Å². The van der Waals surface area contributed by atoms with E-state index in [2.05, 4.69) is 10.2 Å². The lowest BCUT2D eigenvalue weighted by molar-refractivity contribution is 0.441. The molecule has 0 aliphatic heterocycles. The van der Waals surface area contributed by atoms with E-state index in [0.29, 0.717) is 11.7 Å². The van der Waals surface area contributed by atoms with Gasteiger partial charge in [0, 0.05) is 18.4 Å². The van der Waals surface area contributed by atoms with Crippen LogP contribution in [0, 0.1) is 4.91 Å². The van der Waals surface area contributed by atoms with Crippen LogP contribution in [0.15, 0.2) is 29.7 Å². The Labute approximate surface area is 89.9 Å². The lowest BCUT2D eigenvalue weighted by atomic mass is 9.97. The third-order valence-electron chi connectivity index (χ3n) is 2.42. The Morgan fingerprint density at radius 2 is 1.80 bits per heavy atom. The number of aromatic nitrogens is 1. The molecule has 4 heteroatoms. The van der Waals surface area contributed by atoms with Crippen molar-refractivity contribution in [2.24, 2.45) is 10.9 Å². The predicted octanol–water partition coefficient (Wildman–Crippen LogP) is 2.76. The molecule has 4 nitrogen and oxygen atoms in total. The first kappa shape index (κ1) is 11.8. The summed E-state index contributed by atoms with van der Waals surface area (Å²) in [6, 6.07) is 3.63. The van der Waals surface area contributed by atoms with Gasteiger partial charge in [0.1, 0.15) is 5.69 Å². The van der Waals surface area contributed by atoms with Gasteiger partial charge in [-0.05, 0) is 30.2 Å². The molecule has 0 amide bonds. The van der Waals surface area contributed by atoms with E-state index in [9.17, 15) is 4.91 Å². The van der Waals surface area contributed by atoms with Gasteiger partial charge in [0.25, 0.3) is 0 Å². The fourth-order valence-corrected chi connectivity index (χ4v) is 1.54. The summed E-state index contributed by atoms with van der Waals surface area (Å²) < 4.78 is 0. The zero-order valence-corrected chi connectivity index (χ0v) is 8.80. The fourth-order valence-electron chi connectivity index (χ4n) is 1.54. The number of nitrogens with two attached hydrogens (primary N) is 1. The molecule has 2 rings (SSSR count). The number of hydrogen-bond acceptors (Lipinski definition) is 4. The van der Waals surface area contributed by atoms with Crippen LogP contribution in [0.25, 0.3) is 0 Å². The van der Waals surface area contributed by atoms with Gasteiger partial charge in [-0.25, -0.2) is 0 Å². The molecule has 0 radical (unpaired) electrons. The minimum atomic E-state index is 0.417. The van der Waals surface area contributed by atoms with E-state index in [-0.39, 0.29) is 0 Å². The Balaban J connectivity index is 0.000000151. The van der Waals surface area contributed by atoms with Crippen LogP contribution < -0.4 is 5.73 Å². The summed E-state index contributed by atoms with van der Waals surface area (Å²) in [6.45, 7) is 0. The second-order valence-corrected chi connectivity index (χ2v) is 3.69. The lowest BCUT2D eigenvalue weighted by Crippen LogP contribution is -2.22. The summed E-state index contributed by atoms with van der Waals surface area (Å²) in [7, 11) is 0. The third kappa shape index (κ3) is 5.22. The summed E-state index contributed by atoms with van der Waals surface area (Å²) in [4.78, 5) is 13.4. The van der Waals surface area contributed by atoms with Crippen molar-refractivity contribution >= 4 is 5.69 Å². The van der Waals surface area contributed by atoms with Crippen LogP contribution in [0.2, 0.25) is 0 Å². The molecule has 0 atom stereocenters. The highest BCUT2D eigenvalue weighted by atomic mass is 16.3. The molecule has 0 unspecified atom stereocenters. The molecule has 0 spiro atoms. The van der Waals surface area contributed by atoms with Gasteiger partial charge in [-0.2, -0.15) is 0 Å². The van der Waals surface area contributed by atoms with Crippen LogP contribution >= 0.6 is 0 Å². The predicted molar refractivity (Wildman–Crippen MR) is 60.8 cm³/mol. The number of pyridine rings is 1. The van der Waals surface area contributed by atoms with Crippen molar-refractivity contribution in [2.75, 3.05) is 0 Å². The van der Waals surface area contributed by atoms with Crippen molar-refractivity contribution in [1.82, 2.24) is 4.98 Å². The van der Waals surface area contributed by atoms with Gasteiger partial charge in [0.15, 0.2) is 0 Å². The maximum atomic E-state index is 9.73. The highest BCUT2D eigenvalue weighted by molar-refractivity contribution is 5.32. The Kier molecular flexibility index (Phi) is 5.55. The largest absolute Gasteiger partial charge is 0.328 e. The molecular weight excluding hydrogens is 190 g/mol. The van der Waals surface area contributed by atoms with Crippen LogP contribution in [-0.4, -0.2) is 11.0 Å². The quantitative estimate of drug-likeness (QED) is 0.720. The van der Waals surface area contributed by atoms with E-state index < -0.39 is 0 Å². The normalized spacial score (nSPS) is 16.3. The molecular formula is C11H17N3O. The highest BCUT2D eigenvalue weighted by Crippen LogP contribution is 2.14. The molecule has 1 aliphatic rings. The number of nitrogens with zero attached hydrogens (tertiary/aromatic N) is 2. The fraction of sp³-hybridized carbons (Fsp3) is 0.545. The van der Waals surface area contributed by atoms with Gasteiger partial charge in [-0.15, -0.1) is 4.91 Å². The Hall–Kier alpha value is -1.29. The van der Waals surface area contributed by atoms with Crippen LogP contribution in [0.5, 0.6) is 0 Å². The third-order valence-corrected chi connectivity index (χ3v) is 2.42. The van der Waals surface area contributed by atoms with E-state index in [1.807, 2.05) is 0 Å². The van der Waals surface area contributed by atoms with Crippen molar-refractivity contribution in [3.05, 3.63) is 29.4 Å². The number of nitroso groups, excluding NO2 is 1. The topological polar surface area (TPSA) is 68.3 Å². The van der Waals surface area contributed by atoms with E-state index in [0.717, 1.165) is 0 Å². The molecule has 15 heavy (non-hydrogen) atoms. The number of hydrogen-bond donors (Lipinski definition) is 1. The van der Waals surface area contributed by atoms with Crippen LogP contribution in [-0.2, 0) is 0 Å². The van der Waals surface area contributed by atoms with E-state index in [1.54, 1.807) is 12.1 Å². The summed E-state index contributed by atoms with van der Waals surface area (Å²) in [5.41, 5.74) is 6.05. The van der Waals surface area contributed by atoms with Crippen molar-refractivity contribution < 1.29 is 0 Å². The minimum Gasteiger partial charge on any atom is -0.328 e. The average molecular weight is 207 g/mol. The lowest BCUT2D eigenvalue weighted by Gasteiger charge is -2.15. The molecule has 1 aliphatic carbocycles. The van der Waals surface area contributed by atoms with Gasteiger partial charge in [0.2, 0.25) is 0 Å². The zero-order valence-electron chi connectivity index (χ0n) is 8.80. The molecule has 2 N–H and O–H groups in total. The monoisotopic (exact) mass is 207 g/mol. The highest BCUT2D eigenvalue weighted by Gasteiger charge is 2.06. The molecule has 1 fully saturated rings. The number of rotatable bonds is 1. The van der Waals surface area contributed by atoms with Gasteiger partial charge in [-0.3, -0.25) is 4.98 Å². The van der Waals surface area contributed by atoms with Crippen LogP contribution in [0.1, 0.15) is 32.1 Å². The molecule has 82 valence electrons. The van der Waals surface area contributed by atoms with E-state index in [1.165, 1.54) is 44.5 Å². The van der Waals surface area contributed by atoms with Crippen molar-refractivity contribution in [3.63, 3.8) is 0 Å². The first-order valence-electron chi connectivity index (χ1n) is 5.32. The summed E-state index contributed by atoms with van der Waals surface area (Å²) in [5.74, 6) is 0. The van der Waals surface area contributed by atoms with Gasteiger partial charge >= 0.3 is 0 Å². The van der Waals surface area contributed by atoms with Gasteiger partial charge in [0.05, 0.1) is 0 Å². The Bertz CT molecular complexity index is 270. The van der Waals surface area contributed by atoms with Gasteiger partial charge < -0.3 is 5.73 Å². The molecule has 0 saturated heterocycles. The van der Waals surface area contributed by atoms with Crippen LogP contribution in [0.3, 0.4) is 0 Å². The average Bonchev–Trinajstić information content (AvgIpc) is 2.32. The molecule has 0 bridgehead atoms. The summed E-state index contributed by atoms with van der Waals surface area (Å²) >= 11 is 0. The zero-order chi connectivity index (χ0) is 10.9. The maximum absolute atomic E-state index is 9.73. The standard InChI is InChI=1S/C6H13N.C5H4N2O/c7-6-4-2-1-3-5-6;8-7-5-1-3-6-4-2-5/h6H,1-5,7H2;1-4H. The second-order valence-electron chi connectivity index (χ2n) is 3.69. The van der Waals surface area contributed by atoms with E-state index >= 15 is 0 Å². The molecule has 1 heterocycles. The van der Waals surface area contributed by atoms with Crippen molar-refractivity contribution in [1.29, 1.82) is 0 Å². The molecule has 1 saturated carbocycles. The molecule has 1 aromatic rings. The Morgan fingerprint density at radius 3 is 2.13 bits per heavy atom. The summed E-state index contributed by atoms with van der Waals surface area (Å²) in [5, 5.41) is 2.68. The minimum absolute atomic E-state index is 0.417. The van der Waals surface area contributed by atoms with Gasteiger partial charge in [-0.1, -0.05) is 19.3 Å². The first-order chi connectivity index (χ1) is 7.33. The SMILES string of the molecule is NC1CCCCC1.O=Nc1ccncc1. The molecule has 1 aromatic heterocycles. The Morgan fingerprint density at radius 1 is 1.20 bits per heavy atom. The first-order valence-corrected chi connectivity index (χ1v) is 5.32. The summed E-state index contributed by atoms with van der Waals surface area (Å²) in [6.07, 6.45) is 9.71. The van der Waals surface area contributed by atoms with Crippen LogP contribution in [0.4, 0.5) is 5.69 Å². The molecule has 0 aromatic carbocycles.